The van der Waals surface area contributed by atoms with Gasteiger partial charge >= 0.3 is 0 Å². The molecule has 7 heteroatoms. The first kappa shape index (κ1) is 21.9. The maximum absolute atomic E-state index is 13.2. The average molecular weight is 450 g/mol. The molecule has 174 valence electrons. The molecule has 0 radical (unpaired) electrons. The Hall–Kier alpha value is -2.87. The first-order valence-corrected chi connectivity index (χ1v) is 11.5. The zero-order valence-corrected chi connectivity index (χ0v) is 19.6. The number of allylic oxidation sites excluding steroid dienone is 1. The smallest absolute Gasteiger partial charge is 0.232 e. The second kappa shape index (κ2) is 9.17. The number of fused-ring (bicyclic) bond motifs is 3. The van der Waals surface area contributed by atoms with E-state index in [0.29, 0.717) is 30.3 Å². The van der Waals surface area contributed by atoms with Crippen molar-refractivity contribution in [3.05, 3.63) is 58.3 Å². The summed E-state index contributed by atoms with van der Waals surface area (Å²) in [4.78, 5) is 20.0. The molecule has 1 fully saturated rings. The van der Waals surface area contributed by atoms with Crippen molar-refractivity contribution < 1.29 is 19.0 Å². The van der Waals surface area contributed by atoms with Gasteiger partial charge in [-0.25, -0.2) is 0 Å². The number of benzene rings is 2. The second-order valence-corrected chi connectivity index (χ2v) is 9.08. The van der Waals surface area contributed by atoms with Crippen LogP contribution >= 0.6 is 0 Å². The van der Waals surface area contributed by atoms with E-state index >= 15 is 0 Å². The number of anilines is 1. The Morgan fingerprint density at radius 1 is 1.06 bits per heavy atom. The van der Waals surface area contributed by atoms with Crippen molar-refractivity contribution in [3.63, 3.8) is 0 Å². The molecular weight excluding hydrogens is 418 g/mol. The van der Waals surface area contributed by atoms with Gasteiger partial charge in [0.05, 0.1) is 24.3 Å². The fourth-order valence-corrected chi connectivity index (χ4v) is 4.55. The lowest BCUT2D eigenvalue weighted by Crippen LogP contribution is -2.43. The molecule has 2 aromatic carbocycles. The molecule has 3 heterocycles. The van der Waals surface area contributed by atoms with Gasteiger partial charge in [0.25, 0.3) is 0 Å². The zero-order valence-electron chi connectivity index (χ0n) is 19.6. The summed E-state index contributed by atoms with van der Waals surface area (Å²) in [7, 11) is 4.01. The minimum atomic E-state index is -0.0626. The molecule has 7 nitrogen and oxygen atoms in total. The van der Waals surface area contributed by atoms with E-state index in [2.05, 4.69) is 9.80 Å². The number of hydrogen-bond donors (Lipinski definition) is 0. The highest BCUT2D eigenvalue weighted by Crippen LogP contribution is 2.44. The third-order valence-corrected chi connectivity index (χ3v) is 6.53. The third-order valence-electron chi connectivity index (χ3n) is 6.53. The van der Waals surface area contributed by atoms with Gasteiger partial charge in [-0.05, 0) is 42.3 Å². The molecule has 0 bridgehead atoms. The van der Waals surface area contributed by atoms with Gasteiger partial charge in [-0.2, -0.15) is 0 Å². The van der Waals surface area contributed by atoms with E-state index in [1.807, 2.05) is 62.3 Å². The molecule has 0 saturated carbocycles. The van der Waals surface area contributed by atoms with Crippen LogP contribution in [0.25, 0.3) is 6.08 Å². The van der Waals surface area contributed by atoms with Crippen LogP contribution < -0.4 is 14.4 Å². The topological polar surface area (TPSA) is 54.5 Å². The lowest BCUT2D eigenvalue weighted by molar-refractivity contribution is 0.0239. The van der Waals surface area contributed by atoms with Crippen LogP contribution in [0.3, 0.4) is 0 Å². The largest absolute Gasteiger partial charge is 0.478 e. The van der Waals surface area contributed by atoms with Crippen LogP contribution in [-0.4, -0.2) is 75.8 Å². The molecule has 5 rings (SSSR count). The lowest BCUT2D eigenvalue weighted by Gasteiger charge is -2.33. The Morgan fingerprint density at radius 2 is 1.79 bits per heavy atom. The zero-order chi connectivity index (χ0) is 22.9. The number of rotatable bonds is 5. The molecule has 0 amide bonds. The van der Waals surface area contributed by atoms with Crippen LogP contribution in [0, 0.1) is 6.92 Å². The van der Waals surface area contributed by atoms with Crippen LogP contribution in [0.5, 0.6) is 11.5 Å². The number of nitrogens with zero attached hydrogens (tertiary/aromatic N) is 3. The maximum Gasteiger partial charge on any atom is 0.232 e. The lowest BCUT2D eigenvalue weighted by atomic mass is 9.98. The number of carbonyl (C=O) groups is 1. The minimum Gasteiger partial charge on any atom is -0.478 e. The van der Waals surface area contributed by atoms with Gasteiger partial charge in [0.1, 0.15) is 18.2 Å². The summed E-state index contributed by atoms with van der Waals surface area (Å²) >= 11 is 0. The number of morpholine rings is 1. The third kappa shape index (κ3) is 4.49. The number of ketones is 1. The molecule has 0 aromatic heterocycles. The van der Waals surface area contributed by atoms with Gasteiger partial charge in [0.15, 0.2) is 5.76 Å². The molecule has 3 aliphatic heterocycles. The standard InChI is InChI=1S/C26H31N3O4/c1-18-14-22-21(16-29(17-32-22)9-8-28-10-12-31-13-11-28)26-24(18)25(30)23(33-26)15-19-4-6-20(7-5-19)27(2)3/h4-7,14-15H,8-13,16-17H2,1-3H3/b23-15-. The quantitative estimate of drug-likeness (QED) is 0.650. The van der Waals surface area contributed by atoms with Gasteiger partial charge in [-0.1, -0.05) is 12.1 Å². The van der Waals surface area contributed by atoms with Gasteiger partial charge in [0.2, 0.25) is 5.78 Å². The Kier molecular flexibility index (Phi) is 6.10. The molecule has 0 atom stereocenters. The number of hydrogen-bond acceptors (Lipinski definition) is 7. The predicted molar refractivity (Wildman–Crippen MR) is 128 cm³/mol. The van der Waals surface area contributed by atoms with E-state index in [-0.39, 0.29) is 5.78 Å². The van der Waals surface area contributed by atoms with Crippen LogP contribution in [0.4, 0.5) is 5.69 Å². The van der Waals surface area contributed by atoms with Gasteiger partial charge < -0.3 is 19.1 Å². The minimum absolute atomic E-state index is 0.0626. The first-order valence-electron chi connectivity index (χ1n) is 11.5. The van der Waals surface area contributed by atoms with E-state index in [4.69, 9.17) is 14.2 Å². The van der Waals surface area contributed by atoms with Crippen LogP contribution in [-0.2, 0) is 11.3 Å². The molecule has 33 heavy (non-hydrogen) atoms. The molecule has 1 saturated heterocycles. The van der Waals surface area contributed by atoms with Crippen LogP contribution in [0.1, 0.15) is 27.0 Å². The molecule has 2 aromatic rings. The van der Waals surface area contributed by atoms with Crippen LogP contribution in [0.15, 0.2) is 36.1 Å². The van der Waals surface area contributed by atoms with E-state index < -0.39 is 0 Å². The number of aryl methyl sites for hydroxylation is 1. The Balaban J connectivity index is 1.35. The summed E-state index contributed by atoms with van der Waals surface area (Å²) < 4.78 is 17.7. The van der Waals surface area contributed by atoms with E-state index in [1.165, 1.54) is 0 Å². The van der Waals surface area contributed by atoms with Crippen molar-refractivity contribution in [1.82, 2.24) is 9.80 Å². The average Bonchev–Trinajstić information content (AvgIpc) is 3.15. The summed E-state index contributed by atoms with van der Waals surface area (Å²) in [6.45, 7) is 8.63. The Bertz CT molecular complexity index is 1070. The van der Waals surface area contributed by atoms with E-state index in [1.54, 1.807) is 0 Å². The number of carbonyl (C=O) groups excluding carboxylic acids is 1. The molecule has 0 aliphatic carbocycles. The fraction of sp³-hybridized carbons (Fsp3) is 0.423. The van der Waals surface area contributed by atoms with Gasteiger partial charge in [0, 0.05) is 52.5 Å². The van der Waals surface area contributed by atoms with E-state index in [0.717, 1.165) is 67.5 Å². The highest BCUT2D eigenvalue weighted by molar-refractivity contribution is 6.15. The van der Waals surface area contributed by atoms with Gasteiger partial charge in [-0.3, -0.25) is 14.6 Å². The van der Waals surface area contributed by atoms with Crippen molar-refractivity contribution in [2.45, 2.75) is 13.5 Å². The summed E-state index contributed by atoms with van der Waals surface area (Å²) in [6.07, 6.45) is 1.83. The summed E-state index contributed by atoms with van der Waals surface area (Å²) in [5.41, 5.74) is 4.55. The first-order chi connectivity index (χ1) is 16.0. The predicted octanol–water partition coefficient (Wildman–Crippen LogP) is 3.16. The van der Waals surface area contributed by atoms with Crippen molar-refractivity contribution in [2.75, 3.05) is 65.1 Å². The highest BCUT2D eigenvalue weighted by atomic mass is 16.5. The number of ether oxygens (including phenoxy) is 3. The molecule has 0 N–H and O–H groups in total. The van der Waals surface area contributed by atoms with Crippen molar-refractivity contribution in [2.24, 2.45) is 0 Å². The molecule has 0 spiro atoms. The van der Waals surface area contributed by atoms with Crippen molar-refractivity contribution >= 4 is 17.5 Å². The second-order valence-electron chi connectivity index (χ2n) is 9.08. The SMILES string of the molecule is Cc1cc2c(c3c1C(=O)/C(=C/c1ccc(N(C)C)cc1)O3)CN(CCN1CCOCC1)CO2. The monoisotopic (exact) mass is 449 g/mol. The van der Waals surface area contributed by atoms with Crippen LogP contribution in [0.2, 0.25) is 0 Å². The molecular formula is C26H31N3O4. The highest BCUT2D eigenvalue weighted by Gasteiger charge is 2.35. The van der Waals surface area contributed by atoms with E-state index in [9.17, 15) is 4.79 Å². The number of Topliss-reactive ketones (excluding diaryl/α,β-unsaturated/α-hetero) is 1. The van der Waals surface area contributed by atoms with Gasteiger partial charge in [-0.15, -0.1) is 0 Å². The van der Waals surface area contributed by atoms with Crippen molar-refractivity contribution in [3.8, 4) is 11.5 Å². The fourth-order valence-electron chi connectivity index (χ4n) is 4.55. The molecule has 0 unspecified atom stereocenters. The summed E-state index contributed by atoms with van der Waals surface area (Å²) in [5, 5.41) is 0. The summed E-state index contributed by atoms with van der Waals surface area (Å²) in [6, 6.07) is 10.0. The normalized spacial score (nSPS) is 19.7. The maximum atomic E-state index is 13.2. The summed E-state index contributed by atoms with van der Waals surface area (Å²) in [5.74, 6) is 1.78. The van der Waals surface area contributed by atoms with Crippen molar-refractivity contribution in [1.29, 1.82) is 0 Å². The Labute approximate surface area is 195 Å². The molecule has 3 aliphatic rings. The Morgan fingerprint density at radius 3 is 2.52 bits per heavy atom.